The highest BCUT2D eigenvalue weighted by atomic mass is 16.5. The van der Waals surface area contributed by atoms with Gasteiger partial charge in [0.25, 0.3) is 0 Å². The molecule has 0 radical (unpaired) electrons. The fraction of sp³-hybridized carbons (Fsp3) is 1.00. The number of rotatable bonds is 8. The van der Waals surface area contributed by atoms with Crippen LogP contribution in [-0.4, -0.2) is 40.1 Å². The second-order valence-corrected chi connectivity index (χ2v) is 6.78. The van der Waals surface area contributed by atoms with Crippen LogP contribution < -0.4 is 0 Å². The van der Waals surface area contributed by atoms with Crippen molar-refractivity contribution in [3.8, 4) is 0 Å². The molecule has 0 N–H and O–H groups in total. The minimum Gasteiger partial charge on any atom is -0.384 e. The first-order chi connectivity index (χ1) is 9.80. The van der Waals surface area contributed by atoms with Crippen LogP contribution in [0.15, 0.2) is 0 Å². The average Bonchev–Trinajstić information content (AvgIpc) is 2.99. The Hall–Kier alpha value is -0.120. The van der Waals surface area contributed by atoms with E-state index in [2.05, 4.69) is 0 Å². The van der Waals surface area contributed by atoms with Crippen LogP contribution in [-0.2, 0) is 14.2 Å². The lowest BCUT2D eigenvalue weighted by Crippen LogP contribution is -2.45. The minimum atomic E-state index is 0.0620. The van der Waals surface area contributed by atoms with Crippen LogP contribution in [0.4, 0.5) is 0 Å². The Balaban J connectivity index is 1.98. The van der Waals surface area contributed by atoms with Gasteiger partial charge in [-0.25, -0.2) is 0 Å². The summed E-state index contributed by atoms with van der Waals surface area (Å²) in [6, 6.07) is 0. The highest BCUT2D eigenvalue weighted by Gasteiger charge is 2.40. The third-order valence-electron chi connectivity index (χ3n) is 5.24. The predicted molar refractivity (Wildman–Crippen MR) is 81.0 cm³/mol. The van der Waals surface area contributed by atoms with E-state index in [1.165, 1.54) is 57.8 Å². The highest BCUT2D eigenvalue weighted by molar-refractivity contribution is 4.89. The smallest absolute Gasteiger partial charge is 0.0575 e. The first kappa shape index (κ1) is 16.3. The summed E-state index contributed by atoms with van der Waals surface area (Å²) in [7, 11) is 3.62. The molecule has 2 rings (SSSR count). The van der Waals surface area contributed by atoms with Crippen molar-refractivity contribution in [3.63, 3.8) is 0 Å². The molecule has 2 saturated carbocycles. The zero-order valence-electron chi connectivity index (χ0n) is 13.4. The monoisotopic (exact) mass is 284 g/mol. The van der Waals surface area contributed by atoms with E-state index in [4.69, 9.17) is 14.2 Å². The number of methoxy groups -OCH3 is 2. The molecule has 3 nitrogen and oxygen atoms in total. The first-order valence-electron chi connectivity index (χ1n) is 8.40. The Bertz CT molecular complexity index is 249. The Labute approximate surface area is 124 Å². The van der Waals surface area contributed by atoms with Gasteiger partial charge in [0.2, 0.25) is 0 Å². The van der Waals surface area contributed by atoms with Gasteiger partial charge in [0.15, 0.2) is 0 Å². The molecule has 20 heavy (non-hydrogen) atoms. The number of hydrogen-bond acceptors (Lipinski definition) is 3. The van der Waals surface area contributed by atoms with E-state index in [0.29, 0.717) is 12.0 Å². The molecule has 0 aliphatic heterocycles. The summed E-state index contributed by atoms with van der Waals surface area (Å²) in [6.07, 6.45) is 12.3. The number of ether oxygens (including phenoxy) is 3. The third-order valence-corrected chi connectivity index (χ3v) is 5.24. The molecule has 3 heteroatoms. The molecule has 118 valence electrons. The van der Waals surface area contributed by atoms with Gasteiger partial charge in [-0.05, 0) is 31.6 Å². The highest BCUT2D eigenvalue weighted by Crippen LogP contribution is 2.40. The van der Waals surface area contributed by atoms with E-state index in [1.807, 2.05) is 14.2 Å². The van der Waals surface area contributed by atoms with Crippen LogP contribution in [0.3, 0.4) is 0 Å². The topological polar surface area (TPSA) is 27.7 Å². The van der Waals surface area contributed by atoms with E-state index in [-0.39, 0.29) is 5.41 Å². The second-order valence-electron chi connectivity index (χ2n) is 6.78. The summed E-state index contributed by atoms with van der Waals surface area (Å²) >= 11 is 0. The van der Waals surface area contributed by atoms with Crippen LogP contribution in [0.5, 0.6) is 0 Å². The summed E-state index contributed by atoms with van der Waals surface area (Å²) in [5.74, 6) is 0.692. The van der Waals surface area contributed by atoms with Crippen molar-refractivity contribution in [2.75, 3.05) is 34.0 Å². The average molecular weight is 284 g/mol. The van der Waals surface area contributed by atoms with Gasteiger partial charge in [0.05, 0.1) is 25.9 Å². The molecule has 0 atom stereocenters. The lowest BCUT2D eigenvalue weighted by atomic mass is 9.70. The van der Waals surface area contributed by atoms with E-state index in [9.17, 15) is 0 Å². The molecule has 0 unspecified atom stereocenters. The molecule has 2 aliphatic rings. The van der Waals surface area contributed by atoms with Gasteiger partial charge in [-0.2, -0.15) is 0 Å². The first-order valence-corrected chi connectivity index (χ1v) is 8.40. The maximum atomic E-state index is 6.27. The molecule has 0 aromatic rings. The standard InChI is InChI=1S/C17H32O3/c1-18-12-17(13-19-2,15-8-4-3-5-9-15)14-20-16-10-6-7-11-16/h15-16H,3-14H2,1-2H3. The fourth-order valence-corrected chi connectivity index (χ4v) is 4.11. The third kappa shape index (κ3) is 4.19. The van der Waals surface area contributed by atoms with Gasteiger partial charge in [0.1, 0.15) is 0 Å². The Morgan fingerprint density at radius 3 is 1.85 bits per heavy atom. The summed E-state index contributed by atoms with van der Waals surface area (Å²) in [5, 5.41) is 0. The molecular formula is C17H32O3. The molecular weight excluding hydrogens is 252 g/mol. The zero-order chi connectivity index (χ0) is 14.3. The molecule has 0 bridgehead atoms. The van der Waals surface area contributed by atoms with Crippen molar-refractivity contribution in [1.82, 2.24) is 0 Å². The van der Waals surface area contributed by atoms with Gasteiger partial charge in [-0.3, -0.25) is 0 Å². The minimum absolute atomic E-state index is 0.0620. The van der Waals surface area contributed by atoms with E-state index in [1.54, 1.807) is 0 Å². The summed E-state index contributed by atoms with van der Waals surface area (Å²) in [6.45, 7) is 2.33. The lowest BCUT2D eigenvalue weighted by molar-refractivity contribution is -0.106. The van der Waals surface area contributed by atoms with Crippen LogP contribution in [0, 0.1) is 11.3 Å². The molecule has 0 aromatic carbocycles. The van der Waals surface area contributed by atoms with Crippen molar-refractivity contribution >= 4 is 0 Å². The van der Waals surface area contributed by atoms with Gasteiger partial charge in [0, 0.05) is 19.6 Å². The molecule has 2 fully saturated rings. The van der Waals surface area contributed by atoms with Gasteiger partial charge in [-0.1, -0.05) is 32.1 Å². The lowest BCUT2D eigenvalue weighted by Gasteiger charge is -2.42. The van der Waals surface area contributed by atoms with Gasteiger partial charge < -0.3 is 14.2 Å². The van der Waals surface area contributed by atoms with Crippen molar-refractivity contribution in [1.29, 1.82) is 0 Å². The molecule has 0 saturated heterocycles. The summed E-state index contributed by atoms with van der Waals surface area (Å²) in [5.41, 5.74) is 0.0620. The molecule has 0 heterocycles. The maximum Gasteiger partial charge on any atom is 0.0575 e. The molecule has 0 amide bonds. The SMILES string of the molecule is COCC(COC)(COC1CCCC1)C1CCCCC1. The second kappa shape index (κ2) is 8.35. The van der Waals surface area contributed by atoms with Gasteiger partial charge in [-0.15, -0.1) is 0 Å². The fourth-order valence-electron chi connectivity index (χ4n) is 4.11. The van der Waals surface area contributed by atoms with E-state index >= 15 is 0 Å². The van der Waals surface area contributed by atoms with Crippen molar-refractivity contribution in [3.05, 3.63) is 0 Å². The Kier molecular flexibility index (Phi) is 6.79. The molecule has 2 aliphatic carbocycles. The maximum absolute atomic E-state index is 6.27. The number of hydrogen-bond donors (Lipinski definition) is 0. The van der Waals surface area contributed by atoms with Crippen molar-refractivity contribution < 1.29 is 14.2 Å². The van der Waals surface area contributed by atoms with E-state index < -0.39 is 0 Å². The van der Waals surface area contributed by atoms with Crippen molar-refractivity contribution in [2.45, 2.75) is 63.9 Å². The van der Waals surface area contributed by atoms with Crippen LogP contribution in [0.25, 0.3) is 0 Å². The van der Waals surface area contributed by atoms with Crippen LogP contribution >= 0.6 is 0 Å². The molecule has 0 aromatic heterocycles. The normalized spacial score (nSPS) is 22.5. The van der Waals surface area contributed by atoms with E-state index in [0.717, 1.165) is 19.8 Å². The van der Waals surface area contributed by atoms with Crippen LogP contribution in [0.1, 0.15) is 57.8 Å². The summed E-state index contributed by atoms with van der Waals surface area (Å²) in [4.78, 5) is 0. The Morgan fingerprint density at radius 1 is 0.750 bits per heavy atom. The zero-order valence-corrected chi connectivity index (χ0v) is 13.4. The summed E-state index contributed by atoms with van der Waals surface area (Å²) < 4.78 is 17.4. The van der Waals surface area contributed by atoms with Gasteiger partial charge >= 0.3 is 0 Å². The predicted octanol–water partition coefficient (Wildman–Crippen LogP) is 3.81. The Morgan fingerprint density at radius 2 is 1.30 bits per heavy atom. The largest absolute Gasteiger partial charge is 0.384 e. The van der Waals surface area contributed by atoms with Crippen molar-refractivity contribution in [2.24, 2.45) is 11.3 Å². The van der Waals surface area contributed by atoms with Crippen LogP contribution in [0.2, 0.25) is 0 Å². The molecule has 0 spiro atoms. The quantitative estimate of drug-likeness (QED) is 0.678.